The van der Waals surface area contributed by atoms with Crippen LogP contribution in [-0.4, -0.2) is 32.2 Å². The highest BCUT2D eigenvalue weighted by Crippen LogP contribution is 2.49. The first-order chi connectivity index (χ1) is 13.6. The summed E-state index contributed by atoms with van der Waals surface area (Å²) >= 11 is 0. The number of carbonyl (C=O) groups is 1. The zero-order valence-corrected chi connectivity index (χ0v) is 16.6. The number of carbonyl (C=O) groups excluding carboxylic acids is 1. The Bertz CT molecular complexity index is 852. The van der Waals surface area contributed by atoms with Crippen molar-refractivity contribution in [2.75, 3.05) is 19.1 Å². The summed E-state index contributed by atoms with van der Waals surface area (Å²) in [7, 11) is 3.36. The Morgan fingerprint density at radius 2 is 1.75 bits per heavy atom. The van der Waals surface area contributed by atoms with Crippen molar-refractivity contribution in [2.24, 2.45) is 5.73 Å². The Morgan fingerprint density at radius 3 is 2.39 bits per heavy atom. The van der Waals surface area contributed by atoms with Crippen molar-refractivity contribution in [1.82, 2.24) is 0 Å². The van der Waals surface area contributed by atoms with Gasteiger partial charge in [-0.15, -0.1) is 0 Å². The molecule has 0 radical (unpaired) electrons. The molecule has 2 aliphatic heterocycles. The number of hydrogen-bond acceptors (Lipinski definition) is 4. The molecule has 2 aromatic rings. The molecule has 0 aromatic heterocycles. The van der Waals surface area contributed by atoms with Crippen LogP contribution in [0.4, 0.5) is 5.69 Å². The lowest BCUT2D eigenvalue weighted by molar-refractivity contribution is -0.125. The SMILES string of the molecule is COc1cccc(C2(C(N)=O)CC3CCCC(C2)N3c2ccccc2OC)c1. The molecule has 0 aliphatic carbocycles. The van der Waals surface area contributed by atoms with Gasteiger partial charge in [0.05, 0.1) is 25.3 Å². The number of methoxy groups -OCH3 is 2. The average molecular weight is 380 g/mol. The van der Waals surface area contributed by atoms with Crippen molar-refractivity contribution in [2.45, 2.75) is 49.6 Å². The van der Waals surface area contributed by atoms with Crippen LogP contribution in [0.1, 0.15) is 37.7 Å². The van der Waals surface area contributed by atoms with Gasteiger partial charge < -0.3 is 20.1 Å². The Kier molecular flexibility index (Phi) is 4.92. The lowest BCUT2D eigenvalue weighted by Gasteiger charge is -2.54. The smallest absolute Gasteiger partial charge is 0.228 e. The lowest BCUT2D eigenvalue weighted by Crippen LogP contribution is -2.60. The molecule has 2 fully saturated rings. The van der Waals surface area contributed by atoms with Crippen LogP contribution in [0.3, 0.4) is 0 Å². The molecule has 0 saturated carbocycles. The van der Waals surface area contributed by atoms with Crippen molar-refractivity contribution < 1.29 is 14.3 Å². The van der Waals surface area contributed by atoms with Crippen molar-refractivity contribution in [3.63, 3.8) is 0 Å². The Morgan fingerprint density at radius 1 is 1.04 bits per heavy atom. The highest BCUT2D eigenvalue weighted by Gasteiger charge is 2.51. The van der Waals surface area contributed by atoms with Crippen LogP contribution in [0.2, 0.25) is 0 Å². The number of amides is 1. The van der Waals surface area contributed by atoms with Crippen LogP contribution in [-0.2, 0) is 10.2 Å². The van der Waals surface area contributed by atoms with Crippen LogP contribution < -0.4 is 20.1 Å². The molecule has 5 nitrogen and oxygen atoms in total. The number of fused-ring (bicyclic) bond motifs is 2. The summed E-state index contributed by atoms with van der Waals surface area (Å²) in [5.74, 6) is 1.40. The van der Waals surface area contributed by atoms with Gasteiger partial charge in [-0.25, -0.2) is 0 Å². The molecule has 5 heteroatoms. The third-order valence-electron chi connectivity index (χ3n) is 6.49. The molecule has 2 unspecified atom stereocenters. The van der Waals surface area contributed by atoms with E-state index in [2.05, 4.69) is 11.0 Å². The second-order valence-electron chi connectivity index (χ2n) is 7.90. The van der Waals surface area contributed by atoms with Crippen LogP contribution >= 0.6 is 0 Å². The van der Waals surface area contributed by atoms with E-state index in [1.165, 1.54) is 6.42 Å². The molecule has 2 aliphatic rings. The normalized spacial score (nSPS) is 26.6. The first-order valence-electron chi connectivity index (χ1n) is 9.95. The maximum absolute atomic E-state index is 12.8. The molecule has 0 spiro atoms. The van der Waals surface area contributed by atoms with Gasteiger partial charge in [0.25, 0.3) is 0 Å². The van der Waals surface area contributed by atoms with Gasteiger partial charge in [0, 0.05) is 12.1 Å². The van der Waals surface area contributed by atoms with Crippen LogP contribution in [0.25, 0.3) is 0 Å². The van der Waals surface area contributed by atoms with Crippen molar-refractivity contribution in [1.29, 1.82) is 0 Å². The maximum atomic E-state index is 12.8. The fourth-order valence-electron chi connectivity index (χ4n) is 5.19. The van der Waals surface area contributed by atoms with E-state index in [9.17, 15) is 4.79 Å². The Balaban J connectivity index is 1.76. The second-order valence-corrected chi connectivity index (χ2v) is 7.90. The highest BCUT2D eigenvalue weighted by molar-refractivity contribution is 5.87. The number of primary amides is 1. The Labute approximate surface area is 166 Å². The van der Waals surface area contributed by atoms with Crippen LogP contribution in [0, 0.1) is 0 Å². The molecule has 2 N–H and O–H groups in total. The predicted octanol–water partition coefficient (Wildman–Crippen LogP) is 3.65. The number of hydrogen-bond donors (Lipinski definition) is 1. The number of piperidine rings is 2. The summed E-state index contributed by atoms with van der Waals surface area (Å²) in [6, 6.07) is 16.5. The van der Waals surface area contributed by atoms with Crippen LogP contribution in [0.5, 0.6) is 11.5 Å². The fourth-order valence-corrected chi connectivity index (χ4v) is 5.19. The molecule has 28 heavy (non-hydrogen) atoms. The number of anilines is 1. The predicted molar refractivity (Wildman–Crippen MR) is 110 cm³/mol. The summed E-state index contributed by atoms with van der Waals surface area (Å²) in [4.78, 5) is 15.3. The molecule has 148 valence electrons. The number of ether oxygens (including phenoxy) is 2. The zero-order chi connectivity index (χ0) is 19.7. The number of benzene rings is 2. The number of nitrogens with zero attached hydrogens (tertiary/aromatic N) is 1. The summed E-state index contributed by atoms with van der Waals surface area (Å²) < 4.78 is 11.0. The largest absolute Gasteiger partial charge is 0.497 e. The lowest BCUT2D eigenvalue weighted by atomic mass is 9.64. The quantitative estimate of drug-likeness (QED) is 0.860. The van der Waals surface area contributed by atoms with E-state index in [1.54, 1.807) is 14.2 Å². The summed E-state index contributed by atoms with van der Waals surface area (Å²) in [5, 5.41) is 0. The van der Waals surface area contributed by atoms with Gasteiger partial charge in [0.1, 0.15) is 11.5 Å². The second kappa shape index (κ2) is 7.38. The van der Waals surface area contributed by atoms with Gasteiger partial charge in [-0.1, -0.05) is 24.3 Å². The average Bonchev–Trinajstić information content (AvgIpc) is 2.72. The molecule has 1 amide bonds. The van der Waals surface area contributed by atoms with Crippen molar-refractivity contribution >= 4 is 11.6 Å². The molecule has 2 aromatic carbocycles. The number of rotatable bonds is 5. The van der Waals surface area contributed by atoms with Gasteiger partial charge in [-0.05, 0) is 61.9 Å². The molecule has 2 bridgehead atoms. The van der Waals surface area contributed by atoms with E-state index in [4.69, 9.17) is 15.2 Å². The minimum Gasteiger partial charge on any atom is -0.497 e. The highest BCUT2D eigenvalue weighted by atomic mass is 16.5. The van der Waals surface area contributed by atoms with E-state index >= 15 is 0 Å². The maximum Gasteiger partial charge on any atom is 0.228 e. The molecule has 2 atom stereocenters. The van der Waals surface area contributed by atoms with Crippen molar-refractivity contribution in [3.05, 3.63) is 54.1 Å². The minimum atomic E-state index is -0.664. The standard InChI is InChI=1S/C23H28N2O3/c1-27-19-10-5-7-16(13-19)23(22(24)26)14-17-8-6-9-18(15-23)25(17)20-11-3-4-12-21(20)28-2/h3-5,7,10-13,17-18H,6,8-9,14-15H2,1-2H3,(H2,24,26). The monoisotopic (exact) mass is 380 g/mol. The zero-order valence-electron chi connectivity index (χ0n) is 16.6. The summed E-state index contributed by atoms with van der Waals surface area (Å²) in [6.45, 7) is 0. The molecule has 2 saturated heterocycles. The molecule has 2 heterocycles. The third-order valence-corrected chi connectivity index (χ3v) is 6.49. The number of para-hydroxylation sites is 2. The first-order valence-corrected chi connectivity index (χ1v) is 9.95. The molecular weight excluding hydrogens is 352 g/mol. The third kappa shape index (κ3) is 2.99. The topological polar surface area (TPSA) is 64.8 Å². The van der Waals surface area contributed by atoms with E-state index in [0.29, 0.717) is 12.8 Å². The van der Waals surface area contributed by atoms with Gasteiger partial charge in [0.15, 0.2) is 0 Å². The van der Waals surface area contributed by atoms with Gasteiger partial charge >= 0.3 is 0 Å². The van der Waals surface area contributed by atoms with Crippen molar-refractivity contribution in [3.8, 4) is 11.5 Å². The summed E-state index contributed by atoms with van der Waals surface area (Å²) in [5.41, 5.74) is 7.47. The minimum absolute atomic E-state index is 0.239. The fraction of sp³-hybridized carbons (Fsp3) is 0.435. The Hall–Kier alpha value is -2.69. The number of nitrogens with two attached hydrogens (primary N) is 1. The molecular formula is C23H28N2O3. The van der Waals surface area contributed by atoms with E-state index in [1.807, 2.05) is 42.5 Å². The van der Waals surface area contributed by atoms with Gasteiger partial charge in [-0.3, -0.25) is 4.79 Å². The first kappa shape index (κ1) is 18.7. The van der Waals surface area contributed by atoms with Gasteiger partial charge in [-0.2, -0.15) is 0 Å². The van der Waals surface area contributed by atoms with Crippen LogP contribution in [0.15, 0.2) is 48.5 Å². The molecule has 4 rings (SSSR count). The van der Waals surface area contributed by atoms with E-state index < -0.39 is 5.41 Å². The van der Waals surface area contributed by atoms with Gasteiger partial charge in [0.2, 0.25) is 5.91 Å². The van der Waals surface area contributed by atoms with E-state index in [0.717, 1.165) is 35.6 Å². The summed E-state index contributed by atoms with van der Waals surface area (Å²) in [6.07, 6.45) is 4.70. The van der Waals surface area contributed by atoms with E-state index in [-0.39, 0.29) is 18.0 Å².